The minimum absolute atomic E-state index is 0.0196. The number of likely N-dealkylation sites (tertiary alicyclic amines) is 1. The van der Waals surface area contributed by atoms with E-state index in [0.717, 1.165) is 35.9 Å². The third kappa shape index (κ3) is 3.30. The molecule has 1 fully saturated rings. The molecule has 1 aliphatic rings. The van der Waals surface area contributed by atoms with Gasteiger partial charge >= 0.3 is 0 Å². The Kier molecular flexibility index (Phi) is 4.88. The minimum Gasteiger partial charge on any atom is -0.336 e. The van der Waals surface area contributed by atoms with E-state index in [-0.39, 0.29) is 30.4 Å². The molecular formula is C19H23F2N3O. The number of hydrogen-bond acceptors (Lipinski definition) is 2. The number of hydrogen-bond donors (Lipinski definition) is 0. The van der Waals surface area contributed by atoms with E-state index >= 15 is 0 Å². The molecule has 0 N–H and O–H groups in total. The second-order valence-electron chi connectivity index (χ2n) is 6.67. The first-order chi connectivity index (χ1) is 11.9. The van der Waals surface area contributed by atoms with Gasteiger partial charge in [0, 0.05) is 31.3 Å². The van der Waals surface area contributed by atoms with Gasteiger partial charge in [-0.1, -0.05) is 12.1 Å². The number of carbonyl (C=O) groups excluding carboxylic acids is 1. The standard InChI is InChI=1S/C19H23F2N3O/c1-12-18(13(2)23(3)22-12)16-8-5-11-24(16)17(25)10-9-14-6-4-7-15(20)19(14)21/h4,6-7,16H,5,8-11H2,1-3H3/t16-/m0/s1. The smallest absolute Gasteiger partial charge is 0.223 e. The van der Waals surface area contributed by atoms with E-state index < -0.39 is 11.6 Å². The van der Waals surface area contributed by atoms with Crippen LogP contribution in [0, 0.1) is 25.5 Å². The Morgan fingerprint density at radius 2 is 2.08 bits per heavy atom. The van der Waals surface area contributed by atoms with Gasteiger partial charge in [0.1, 0.15) is 0 Å². The molecule has 4 nitrogen and oxygen atoms in total. The Morgan fingerprint density at radius 3 is 2.76 bits per heavy atom. The highest BCUT2D eigenvalue weighted by atomic mass is 19.2. The summed E-state index contributed by atoms with van der Waals surface area (Å²) in [6, 6.07) is 4.12. The molecule has 0 saturated carbocycles. The largest absolute Gasteiger partial charge is 0.336 e. The molecule has 134 valence electrons. The molecule has 1 aliphatic heterocycles. The van der Waals surface area contributed by atoms with Gasteiger partial charge in [-0.2, -0.15) is 5.10 Å². The zero-order valence-electron chi connectivity index (χ0n) is 14.9. The van der Waals surface area contributed by atoms with Gasteiger partial charge in [0.05, 0.1) is 11.7 Å². The van der Waals surface area contributed by atoms with Crippen molar-refractivity contribution in [3.63, 3.8) is 0 Å². The number of rotatable bonds is 4. The predicted molar refractivity (Wildman–Crippen MR) is 91.0 cm³/mol. The van der Waals surface area contributed by atoms with E-state index in [1.165, 1.54) is 12.1 Å². The summed E-state index contributed by atoms with van der Waals surface area (Å²) in [4.78, 5) is 14.6. The number of amides is 1. The fourth-order valence-electron chi connectivity index (χ4n) is 3.76. The van der Waals surface area contributed by atoms with Crippen LogP contribution in [0.4, 0.5) is 8.78 Å². The monoisotopic (exact) mass is 347 g/mol. The lowest BCUT2D eigenvalue weighted by Gasteiger charge is -2.25. The van der Waals surface area contributed by atoms with Crippen LogP contribution in [0.15, 0.2) is 18.2 Å². The zero-order valence-corrected chi connectivity index (χ0v) is 14.9. The van der Waals surface area contributed by atoms with Crippen molar-refractivity contribution in [2.45, 2.75) is 45.6 Å². The van der Waals surface area contributed by atoms with E-state index in [4.69, 9.17) is 0 Å². The first-order valence-corrected chi connectivity index (χ1v) is 8.62. The number of aryl methyl sites for hydroxylation is 3. The maximum Gasteiger partial charge on any atom is 0.223 e. The Balaban J connectivity index is 1.74. The Hall–Kier alpha value is -2.24. The van der Waals surface area contributed by atoms with Crippen LogP contribution < -0.4 is 0 Å². The number of nitrogens with zero attached hydrogens (tertiary/aromatic N) is 3. The van der Waals surface area contributed by atoms with Gasteiger partial charge in [-0.05, 0) is 44.7 Å². The first-order valence-electron chi connectivity index (χ1n) is 8.62. The van der Waals surface area contributed by atoms with E-state index in [1.807, 2.05) is 30.5 Å². The van der Waals surface area contributed by atoms with Crippen molar-refractivity contribution in [2.24, 2.45) is 7.05 Å². The van der Waals surface area contributed by atoms with E-state index in [2.05, 4.69) is 5.10 Å². The third-order valence-electron chi connectivity index (χ3n) is 5.11. The zero-order chi connectivity index (χ0) is 18.1. The molecule has 1 saturated heterocycles. The summed E-state index contributed by atoms with van der Waals surface area (Å²) < 4.78 is 28.9. The SMILES string of the molecule is Cc1nn(C)c(C)c1[C@@H]1CCCN1C(=O)CCc1cccc(F)c1F. The summed E-state index contributed by atoms with van der Waals surface area (Å²) in [7, 11) is 1.90. The normalized spacial score (nSPS) is 17.3. The van der Waals surface area contributed by atoms with Gasteiger partial charge < -0.3 is 4.90 Å². The third-order valence-corrected chi connectivity index (χ3v) is 5.11. The van der Waals surface area contributed by atoms with Crippen LogP contribution in [0.3, 0.4) is 0 Å². The summed E-state index contributed by atoms with van der Waals surface area (Å²) in [5.41, 5.74) is 3.38. The Bertz CT molecular complexity index is 800. The predicted octanol–water partition coefficient (Wildman–Crippen LogP) is 3.61. The second kappa shape index (κ2) is 6.94. The van der Waals surface area contributed by atoms with Crippen LogP contribution in [0.2, 0.25) is 0 Å². The topological polar surface area (TPSA) is 38.1 Å². The molecule has 1 atom stereocenters. The molecule has 1 aromatic heterocycles. The van der Waals surface area contributed by atoms with Crippen molar-refractivity contribution < 1.29 is 13.6 Å². The fraction of sp³-hybridized carbons (Fsp3) is 0.474. The molecule has 25 heavy (non-hydrogen) atoms. The van der Waals surface area contributed by atoms with E-state index in [9.17, 15) is 13.6 Å². The van der Waals surface area contributed by atoms with Crippen molar-refractivity contribution in [3.8, 4) is 0 Å². The van der Waals surface area contributed by atoms with Gasteiger partial charge in [0.2, 0.25) is 5.91 Å². The molecule has 0 bridgehead atoms. The number of aromatic nitrogens is 2. The molecule has 2 heterocycles. The molecule has 0 radical (unpaired) electrons. The van der Waals surface area contributed by atoms with Gasteiger partial charge in [-0.25, -0.2) is 8.78 Å². The molecule has 1 aromatic carbocycles. The summed E-state index contributed by atoms with van der Waals surface area (Å²) in [5, 5.41) is 4.45. The van der Waals surface area contributed by atoms with E-state index in [1.54, 1.807) is 0 Å². The average Bonchev–Trinajstić information content (AvgIpc) is 3.13. The quantitative estimate of drug-likeness (QED) is 0.847. The van der Waals surface area contributed by atoms with Gasteiger partial charge in [-0.3, -0.25) is 9.48 Å². The summed E-state index contributed by atoms with van der Waals surface area (Å²) in [6.45, 7) is 4.67. The highest BCUT2D eigenvalue weighted by Crippen LogP contribution is 2.35. The van der Waals surface area contributed by atoms with Crippen molar-refractivity contribution in [1.29, 1.82) is 0 Å². The molecule has 3 rings (SSSR count). The first kappa shape index (κ1) is 17.6. The second-order valence-corrected chi connectivity index (χ2v) is 6.67. The van der Waals surface area contributed by atoms with Crippen molar-refractivity contribution in [3.05, 3.63) is 52.3 Å². The lowest BCUT2D eigenvalue weighted by Crippen LogP contribution is -2.31. The highest BCUT2D eigenvalue weighted by molar-refractivity contribution is 5.77. The maximum atomic E-state index is 13.8. The summed E-state index contributed by atoms with van der Waals surface area (Å²) in [5.74, 6) is -1.74. The number of halogens is 2. The number of carbonyl (C=O) groups is 1. The van der Waals surface area contributed by atoms with Crippen LogP contribution in [0.1, 0.15) is 47.8 Å². The van der Waals surface area contributed by atoms with Crippen LogP contribution >= 0.6 is 0 Å². The minimum atomic E-state index is -0.870. The Morgan fingerprint density at radius 1 is 1.32 bits per heavy atom. The lowest BCUT2D eigenvalue weighted by atomic mass is 10.0. The molecule has 6 heteroatoms. The molecule has 2 aromatic rings. The van der Waals surface area contributed by atoms with Crippen molar-refractivity contribution in [1.82, 2.24) is 14.7 Å². The average molecular weight is 347 g/mol. The van der Waals surface area contributed by atoms with E-state index in [0.29, 0.717) is 6.54 Å². The molecule has 0 spiro atoms. The van der Waals surface area contributed by atoms with Crippen molar-refractivity contribution >= 4 is 5.91 Å². The van der Waals surface area contributed by atoms with Crippen LogP contribution in [0.25, 0.3) is 0 Å². The molecule has 0 aliphatic carbocycles. The molecule has 0 unspecified atom stereocenters. The highest BCUT2D eigenvalue weighted by Gasteiger charge is 2.33. The van der Waals surface area contributed by atoms with Crippen LogP contribution in [-0.4, -0.2) is 27.1 Å². The molecule has 1 amide bonds. The lowest BCUT2D eigenvalue weighted by molar-refractivity contribution is -0.132. The van der Waals surface area contributed by atoms with Crippen LogP contribution in [0.5, 0.6) is 0 Å². The molecular weight excluding hydrogens is 324 g/mol. The fourth-order valence-corrected chi connectivity index (χ4v) is 3.76. The Labute approximate surface area is 146 Å². The van der Waals surface area contributed by atoms with Gasteiger partial charge in [0.25, 0.3) is 0 Å². The number of benzene rings is 1. The summed E-state index contributed by atoms with van der Waals surface area (Å²) in [6.07, 6.45) is 2.23. The maximum absolute atomic E-state index is 13.8. The van der Waals surface area contributed by atoms with Gasteiger partial charge in [-0.15, -0.1) is 0 Å². The van der Waals surface area contributed by atoms with Crippen LogP contribution in [-0.2, 0) is 18.3 Å². The summed E-state index contributed by atoms with van der Waals surface area (Å²) >= 11 is 0. The van der Waals surface area contributed by atoms with Crippen molar-refractivity contribution in [2.75, 3.05) is 6.54 Å². The van der Waals surface area contributed by atoms with Gasteiger partial charge in [0.15, 0.2) is 11.6 Å².